The number of allylic oxidation sites excluding steroid dienone is 3. The fourth-order valence-electron chi connectivity index (χ4n) is 3.00. The van der Waals surface area contributed by atoms with Crippen LogP contribution in [0.1, 0.15) is 6.42 Å². The molecule has 1 aliphatic carbocycles. The molecule has 2 aliphatic rings. The number of hydrogen-bond acceptors (Lipinski definition) is 5. The van der Waals surface area contributed by atoms with Crippen LogP contribution in [-0.2, 0) is 24.8 Å². The Morgan fingerprint density at radius 2 is 1.64 bits per heavy atom. The minimum atomic E-state index is -4.39. The van der Waals surface area contributed by atoms with Crippen molar-refractivity contribution in [2.75, 3.05) is 9.03 Å². The van der Waals surface area contributed by atoms with Crippen LogP contribution in [-0.4, -0.2) is 22.7 Å². The van der Waals surface area contributed by atoms with Crippen molar-refractivity contribution in [3.05, 3.63) is 72.1 Å². The minimum Gasteiger partial charge on any atom is -0.320 e. The summed E-state index contributed by atoms with van der Waals surface area (Å²) < 4.78 is 65.5. The van der Waals surface area contributed by atoms with Crippen LogP contribution in [0, 0.1) is 5.82 Å². The second-order valence-corrected chi connectivity index (χ2v) is 9.84. The molecule has 28 heavy (non-hydrogen) atoms. The maximum absolute atomic E-state index is 14.2. The van der Waals surface area contributed by atoms with Crippen LogP contribution in [0.4, 0.5) is 15.8 Å². The van der Waals surface area contributed by atoms with E-state index in [0.717, 1.165) is 18.2 Å². The van der Waals surface area contributed by atoms with Gasteiger partial charge in [0.15, 0.2) is 0 Å². The maximum atomic E-state index is 14.2. The van der Waals surface area contributed by atoms with Crippen molar-refractivity contribution < 1.29 is 26.0 Å². The summed E-state index contributed by atoms with van der Waals surface area (Å²) in [6.07, 6.45) is 5.39. The number of benzene rings is 2. The SMILES string of the molecule is O=C(Nc1cc(N2S(=O)(=O)c3ccccc3S2(=O)=O)ccc1F)C1=CC=CC1. The molecule has 10 heteroatoms. The third-order valence-corrected chi connectivity index (χ3v) is 8.74. The summed E-state index contributed by atoms with van der Waals surface area (Å²) in [5, 5.41) is 2.35. The van der Waals surface area contributed by atoms with Gasteiger partial charge in [-0.2, -0.15) is 20.5 Å². The van der Waals surface area contributed by atoms with Crippen molar-refractivity contribution in [3.63, 3.8) is 0 Å². The second kappa shape index (κ2) is 6.28. The predicted octanol–water partition coefficient (Wildman–Crippen LogP) is 2.55. The topological polar surface area (TPSA) is 101 Å². The highest BCUT2D eigenvalue weighted by molar-refractivity contribution is 8.12. The lowest BCUT2D eigenvalue weighted by molar-refractivity contribution is -0.112. The monoisotopic (exact) mass is 420 g/mol. The van der Waals surface area contributed by atoms with Gasteiger partial charge in [-0.1, -0.05) is 30.4 Å². The van der Waals surface area contributed by atoms with E-state index in [2.05, 4.69) is 5.32 Å². The van der Waals surface area contributed by atoms with Gasteiger partial charge in [0.05, 0.1) is 11.4 Å². The molecule has 0 spiro atoms. The zero-order chi connectivity index (χ0) is 20.1. The van der Waals surface area contributed by atoms with Crippen LogP contribution < -0.4 is 9.03 Å². The Morgan fingerprint density at radius 1 is 1.00 bits per heavy atom. The zero-order valence-corrected chi connectivity index (χ0v) is 15.8. The molecular formula is C18H13FN2O5S2. The van der Waals surface area contributed by atoms with Crippen molar-refractivity contribution in [2.45, 2.75) is 16.2 Å². The Morgan fingerprint density at radius 3 is 2.21 bits per heavy atom. The van der Waals surface area contributed by atoms with Crippen LogP contribution in [0.5, 0.6) is 0 Å². The van der Waals surface area contributed by atoms with Gasteiger partial charge in [-0.15, -0.1) is 0 Å². The molecule has 0 unspecified atom stereocenters. The van der Waals surface area contributed by atoms with E-state index in [1.807, 2.05) is 0 Å². The number of rotatable bonds is 3. The average Bonchev–Trinajstić information content (AvgIpc) is 3.23. The molecule has 4 rings (SSSR count). The van der Waals surface area contributed by atoms with Crippen molar-refractivity contribution in [3.8, 4) is 0 Å². The second-order valence-electron chi connectivity index (χ2n) is 6.10. The summed E-state index contributed by atoms with van der Waals surface area (Å²) in [5.74, 6) is -1.38. The van der Waals surface area contributed by atoms with E-state index in [4.69, 9.17) is 0 Å². The molecule has 144 valence electrons. The quantitative estimate of drug-likeness (QED) is 0.823. The Bertz CT molecular complexity index is 1230. The molecule has 0 fully saturated rings. The van der Waals surface area contributed by atoms with E-state index < -0.39 is 31.8 Å². The number of fused-ring (bicyclic) bond motifs is 1. The summed E-state index contributed by atoms with van der Waals surface area (Å²) in [5.41, 5.74) is -0.221. The summed E-state index contributed by atoms with van der Waals surface area (Å²) >= 11 is 0. The van der Waals surface area contributed by atoms with Crippen LogP contribution in [0.3, 0.4) is 0 Å². The van der Waals surface area contributed by atoms with Crippen molar-refractivity contribution >= 4 is 37.3 Å². The van der Waals surface area contributed by atoms with Gasteiger partial charge in [-0.25, -0.2) is 4.39 Å². The number of anilines is 2. The average molecular weight is 420 g/mol. The number of sulfonamides is 2. The van der Waals surface area contributed by atoms with E-state index in [-0.39, 0.29) is 24.9 Å². The van der Waals surface area contributed by atoms with E-state index in [1.165, 1.54) is 24.3 Å². The third-order valence-electron chi connectivity index (χ3n) is 4.31. The lowest BCUT2D eigenvalue weighted by atomic mass is 10.2. The first-order chi connectivity index (χ1) is 13.2. The fourth-order valence-corrected chi connectivity index (χ4v) is 7.43. The predicted molar refractivity (Wildman–Crippen MR) is 100 cm³/mol. The molecule has 1 N–H and O–H groups in total. The molecular weight excluding hydrogens is 407 g/mol. The fraction of sp³-hybridized carbons (Fsp3) is 0.0556. The number of amides is 1. The van der Waals surface area contributed by atoms with E-state index >= 15 is 0 Å². The molecule has 0 radical (unpaired) electrons. The van der Waals surface area contributed by atoms with Crippen LogP contribution in [0.15, 0.2) is 76.1 Å². The number of hydrogen-bond donors (Lipinski definition) is 1. The van der Waals surface area contributed by atoms with E-state index in [9.17, 15) is 26.0 Å². The zero-order valence-electron chi connectivity index (χ0n) is 14.2. The van der Waals surface area contributed by atoms with Crippen LogP contribution in [0.25, 0.3) is 0 Å². The Hall–Kier alpha value is -2.98. The first-order valence-electron chi connectivity index (χ1n) is 8.09. The summed E-state index contributed by atoms with van der Waals surface area (Å²) in [6, 6.07) is 8.12. The van der Waals surface area contributed by atoms with Gasteiger partial charge in [-0.3, -0.25) is 4.79 Å². The number of carbonyl (C=O) groups is 1. The Kier molecular flexibility index (Phi) is 4.12. The van der Waals surface area contributed by atoms with Crippen molar-refractivity contribution in [2.24, 2.45) is 0 Å². The van der Waals surface area contributed by atoms with Crippen molar-refractivity contribution in [1.29, 1.82) is 0 Å². The number of nitrogens with one attached hydrogen (secondary N) is 1. The Labute approximate surface area is 160 Å². The molecule has 0 saturated heterocycles. The largest absolute Gasteiger partial charge is 0.320 e. The van der Waals surface area contributed by atoms with Gasteiger partial charge in [-0.05, 0) is 36.8 Å². The molecule has 0 atom stereocenters. The molecule has 2 aromatic carbocycles. The Balaban J connectivity index is 1.77. The standard InChI is InChI=1S/C18H13FN2O5S2/c19-14-10-9-13(11-15(14)20-18(22)12-5-1-2-6-12)21-27(23,24)16-7-3-4-8-17(16)28(21,25)26/h1-5,7-11H,6H2,(H,20,22). The smallest absolute Gasteiger partial charge is 0.279 e. The van der Waals surface area contributed by atoms with Gasteiger partial charge < -0.3 is 5.32 Å². The third kappa shape index (κ3) is 2.72. The highest BCUT2D eigenvalue weighted by atomic mass is 32.3. The van der Waals surface area contributed by atoms with Gasteiger partial charge in [0.1, 0.15) is 15.6 Å². The van der Waals surface area contributed by atoms with Crippen LogP contribution in [0.2, 0.25) is 0 Å². The van der Waals surface area contributed by atoms with E-state index in [0.29, 0.717) is 12.0 Å². The molecule has 0 aromatic heterocycles. The van der Waals surface area contributed by atoms with Crippen LogP contribution >= 0.6 is 0 Å². The summed E-state index contributed by atoms with van der Waals surface area (Å²) in [6.45, 7) is 0. The van der Waals surface area contributed by atoms with Gasteiger partial charge in [0, 0.05) is 5.57 Å². The molecule has 0 bridgehead atoms. The van der Waals surface area contributed by atoms with Crippen molar-refractivity contribution in [1.82, 2.24) is 0 Å². The molecule has 7 nitrogen and oxygen atoms in total. The number of halogens is 1. The summed E-state index contributed by atoms with van der Waals surface area (Å²) in [7, 11) is -8.78. The molecule has 0 saturated carbocycles. The molecule has 2 aromatic rings. The van der Waals surface area contributed by atoms with Gasteiger partial charge in [0.25, 0.3) is 26.0 Å². The van der Waals surface area contributed by atoms with Gasteiger partial charge in [0.2, 0.25) is 0 Å². The number of carbonyl (C=O) groups excluding carboxylic acids is 1. The molecule has 1 amide bonds. The van der Waals surface area contributed by atoms with E-state index in [1.54, 1.807) is 18.2 Å². The lowest BCUT2D eigenvalue weighted by Crippen LogP contribution is -2.30. The highest BCUT2D eigenvalue weighted by Gasteiger charge is 2.47. The first-order valence-corrected chi connectivity index (χ1v) is 11.0. The summed E-state index contributed by atoms with van der Waals surface area (Å²) in [4.78, 5) is 11.5. The highest BCUT2D eigenvalue weighted by Crippen LogP contribution is 2.41. The molecule has 1 heterocycles. The number of nitrogens with zero attached hydrogens (tertiary/aromatic N) is 1. The van der Waals surface area contributed by atoms with Gasteiger partial charge >= 0.3 is 0 Å². The normalized spacial score (nSPS) is 18.6. The maximum Gasteiger partial charge on any atom is 0.279 e. The minimum absolute atomic E-state index is 0.246. The molecule has 1 aliphatic heterocycles. The first kappa shape index (κ1) is 18.4. The lowest BCUT2D eigenvalue weighted by Gasteiger charge is -2.17.